The first-order chi connectivity index (χ1) is 7.49. The normalized spacial score (nSPS) is 9.69. The van der Waals surface area contributed by atoms with E-state index in [2.05, 4.69) is 10.3 Å². The van der Waals surface area contributed by atoms with Gasteiger partial charge in [-0.3, -0.25) is 10.1 Å². The van der Waals surface area contributed by atoms with Crippen LogP contribution >= 0.6 is 11.6 Å². The molecule has 1 heterocycles. The molecule has 0 atom stereocenters. The van der Waals surface area contributed by atoms with Crippen molar-refractivity contribution in [3.8, 4) is 0 Å². The second-order valence-corrected chi connectivity index (χ2v) is 3.84. The first-order valence-corrected chi connectivity index (χ1v) is 5.06. The van der Waals surface area contributed by atoms with E-state index >= 15 is 0 Å². The number of anilines is 1. The summed E-state index contributed by atoms with van der Waals surface area (Å²) in [5.74, 6) is 0.400. The van der Waals surface area contributed by atoms with E-state index in [9.17, 15) is 10.1 Å². The van der Waals surface area contributed by atoms with E-state index in [0.717, 1.165) is 5.57 Å². The van der Waals surface area contributed by atoms with Crippen LogP contribution in [0.4, 0.5) is 11.5 Å². The minimum atomic E-state index is -0.500. The van der Waals surface area contributed by atoms with E-state index < -0.39 is 4.92 Å². The lowest BCUT2D eigenvalue weighted by atomic mass is 10.3. The van der Waals surface area contributed by atoms with E-state index in [1.54, 1.807) is 0 Å². The van der Waals surface area contributed by atoms with Crippen molar-refractivity contribution in [1.82, 2.24) is 4.98 Å². The van der Waals surface area contributed by atoms with Crippen LogP contribution in [0.2, 0.25) is 5.15 Å². The molecule has 5 nitrogen and oxygen atoms in total. The van der Waals surface area contributed by atoms with E-state index in [0.29, 0.717) is 12.4 Å². The minimum Gasteiger partial charge on any atom is -0.366 e. The van der Waals surface area contributed by atoms with Gasteiger partial charge >= 0.3 is 0 Å². The minimum absolute atomic E-state index is 0.0697. The summed E-state index contributed by atoms with van der Waals surface area (Å²) in [5.41, 5.74) is 1.09. The summed E-state index contributed by atoms with van der Waals surface area (Å²) in [6.07, 6.45) is 1.95. The fourth-order valence-electron chi connectivity index (χ4n) is 1.04. The maximum absolute atomic E-state index is 10.6. The predicted octanol–water partition coefficient (Wildman–Crippen LogP) is 3.02. The Hall–Kier alpha value is -1.62. The van der Waals surface area contributed by atoms with Gasteiger partial charge < -0.3 is 5.32 Å². The number of rotatable bonds is 4. The zero-order valence-corrected chi connectivity index (χ0v) is 9.78. The number of hydrogen-bond acceptors (Lipinski definition) is 4. The van der Waals surface area contributed by atoms with Gasteiger partial charge in [0, 0.05) is 6.54 Å². The Bertz CT molecular complexity index is 428. The summed E-state index contributed by atoms with van der Waals surface area (Å²) in [6, 6.07) is 2.57. The van der Waals surface area contributed by atoms with Crippen LogP contribution in [0, 0.1) is 10.1 Å². The highest BCUT2D eigenvalue weighted by atomic mass is 35.5. The van der Waals surface area contributed by atoms with Crippen LogP contribution in [0.25, 0.3) is 0 Å². The summed E-state index contributed by atoms with van der Waals surface area (Å²) in [5, 5.41) is 13.6. The van der Waals surface area contributed by atoms with Gasteiger partial charge in [-0.05, 0) is 13.8 Å². The van der Waals surface area contributed by atoms with Gasteiger partial charge in [-0.1, -0.05) is 23.3 Å². The molecule has 16 heavy (non-hydrogen) atoms. The molecule has 0 aliphatic heterocycles. The van der Waals surface area contributed by atoms with E-state index in [4.69, 9.17) is 11.6 Å². The van der Waals surface area contributed by atoms with Crippen LogP contribution in [0.3, 0.4) is 0 Å². The van der Waals surface area contributed by atoms with Crippen molar-refractivity contribution in [3.05, 3.63) is 39.0 Å². The zero-order valence-electron chi connectivity index (χ0n) is 9.03. The summed E-state index contributed by atoms with van der Waals surface area (Å²) >= 11 is 5.66. The Balaban J connectivity index is 2.80. The molecule has 0 saturated heterocycles. The van der Waals surface area contributed by atoms with Crippen molar-refractivity contribution in [2.45, 2.75) is 13.8 Å². The molecule has 0 unspecified atom stereocenters. The first-order valence-electron chi connectivity index (χ1n) is 4.68. The van der Waals surface area contributed by atoms with Crippen molar-refractivity contribution < 1.29 is 4.92 Å². The maximum atomic E-state index is 10.6. The number of nitrogens with zero attached hydrogens (tertiary/aromatic N) is 2. The summed E-state index contributed by atoms with van der Waals surface area (Å²) in [4.78, 5) is 14.0. The van der Waals surface area contributed by atoms with Crippen LogP contribution in [0.1, 0.15) is 13.8 Å². The third-order valence-electron chi connectivity index (χ3n) is 1.78. The van der Waals surface area contributed by atoms with Crippen molar-refractivity contribution >= 4 is 23.1 Å². The van der Waals surface area contributed by atoms with Gasteiger partial charge in [-0.25, -0.2) is 4.98 Å². The average Bonchev–Trinajstić information content (AvgIpc) is 2.16. The number of halogens is 1. The van der Waals surface area contributed by atoms with E-state index in [1.807, 2.05) is 19.9 Å². The molecule has 0 aliphatic carbocycles. The van der Waals surface area contributed by atoms with Crippen LogP contribution < -0.4 is 5.32 Å². The maximum Gasteiger partial charge on any atom is 0.276 e. The molecule has 6 heteroatoms. The quantitative estimate of drug-likeness (QED) is 0.381. The summed E-state index contributed by atoms with van der Waals surface area (Å²) in [7, 11) is 0. The van der Waals surface area contributed by atoms with Gasteiger partial charge in [0.15, 0.2) is 0 Å². The van der Waals surface area contributed by atoms with Crippen LogP contribution in [-0.4, -0.2) is 16.5 Å². The predicted molar refractivity (Wildman–Crippen MR) is 63.8 cm³/mol. The van der Waals surface area contributed by atoms with Crippen molar-refractivity contribution in [1.29, 1.82) is 0 Å². The second-order valence-electron chi connectivity index (χ2n) is 3.45. The molecule has 1 aromatic heterocycles. The summed E-state index contributed by atoms with van der Waals surface area (Å²) in [6.45, 7) is 4.50. The van der Waals surface area contributed by atoms with Gasteiger partial charge in [0.05, 0.1) is 17.1 Å². The Morgan fingerprint density at radius 3 is 2.88 bits per heavy atom. The Morgan fingerprint density at radius 1 is 1.62 bits per heavy atom. The van der Waals surface area contributed by atoms with Gasteiger partial charge in [0.25, 0.3) is 5.69 Å². The average molecular weight is 242 g/mol. The van der Waals surface area contributed by atoms with Gasteiger partial charge in [-0.15, -0.1) is 0 Å². The van der Waals surface area contributed by atoms with Crippen molar-refractivity contribution in [2.75, 3.05) is 11.9 Å². The standard InChI is InChI=1S/C10H12ClN3O2/c1-7(2)3-4-12-10-6-8(14(15)16)5-9(11)13-10/h3,5-6H,4H2,1-2H3,(H,12,13). The second kappa shape index (κ2) is 5.46. The molecule has 0 saturated carbocycles. The highest BCUT2D eigenvalue weighted by molar-refractivity contribution is 6.29. The molecule has 1 rings (SSSR count). The zero-order chi connectivity index (χ0) is 12.1. The molecular weight excluding hydrogens is 230 g/mol. The number of nitrogens with one attached hydrogen (secondary N) is 1. The molecule has 0 aromatic carbocycles. The Labute approximate surface area is 98.3 Å². The first kappa shape index (κ1) is 12.4. The fourth-order valence-corrected chi connectivity index (χ4v) is 1.24. The monoisotopic (exact) mass is 241 g/mol. The third kappa shape index (κ3) is 3.86. The molecule has 0 bridgehead atoms. The number of allylic oxidation sites excluding steroid dienone is 1. The van der Waals surface area contributed by atoms with Gasteiger partial charge in [-0.2, -0.15) is 0 Å². The van der Waals surface area contributed by atoms with Crippen LogP contribution in [-0.2, 0) is 0 Å². The Kier molecular flexibility index (Phi) is 4.25. The number of pyridine rings is 1. The smallest absolute Gasteiger partial charge is 0.276 e. The molecular formula is C10H12ClN3O2. The molecule has 1 N–H and O–H groups in total. The third-order valence-corrected chi connectivity index (χ3v) is 1.98. The summed E-state index contributed by atoms with van der Waals surface area (Å²) < 4.78 is 0. The topological polar surface area (TPSA) is 68.1 Å². The largest absolute Gasteiger partial charge is 0.366 e. The number of nitro groups is 1. The fraction of sp³-hybridized carbons (Fsp3) is 0.300. The number of aromatic nitrogens is 1. The Morgan fingerprint density at radius 2 is 2.31 bits per heavy atom. The van der Waals surface area contributed by atoms with Crippen molar-refractivity contribution in [2.24, 2.45) is 0 Å². The molecule has 0 amide bonds. The molecule has 0 radical (unpaired) electrons. The highest BCUT2D eigenvalue weighted by Gasteiger charge is 2.09. The molecule has 86 valence electrons. The van der Waals surface area contributed by atoms with Crippen LogP contribution in [0.5, 0.6) is 0 Å². The lowest BCUT2D eigenvalue weighted by molar-refractivity contribution is -0.384. The lowest BCUT2D eigenvalue weighted by Crippen LogP contribution is -2.02. The van der Waals surface area contributed by atoms with E-state index in [1.165, 1.54) is 12.1 Å². The SMILES string of the molecule is CC(C)=CCNc1cc([N+](=O)[O-])cc(Cl)n1. The van der Waals surface area contributed by atoms with Gasteiger partial charge in [0.2, 0.25) is 0 Å². The van der Waals surface area contributed by atoms with Crippen LogP contribution in [0.15, 0.2) is 23.8 Å². The molecule has 0 spiro atoms. The van der Waals surface area contributed by atoms with E-state index in [-0.39, 0.29) is 10.8 Å². The molecule has 0 fully saturated rings. The number of hydrogen-bond donors (Lipinski definition) is 1. The molecule has 1 aromatic rings. The lowest BCUT2D eigenvalue weighted by Gasteiger charge is -2.03. The molecule has 0 aliphatic rings. The highest BCUT2D eigenvalue weighted by Crippen LogP contribution is 2.20. The van der Waals surface area contributed by atoms with Crippen molar-refractivity contribution in [3.63, 3.8) is 0 Å². The van der Waals surface area contributed by atoms with Gasteiger partial charge in [0.1, 0.15) is 11.0 Å².